The normalized spacial score (nSPS) is 30.0. The molecule has 16 heavy (non-hydrogen) atoms. The number of hydrogen-bond donors (Lipinski definition) is 2. The predicted molar refractivity (Wildman–Crippen MR) is 58.6 cm³/mol. The predicted octanol–water partition coefficient (Wildman–Crippen LogP) is 0.583. The van der Waals surface area contributed by atoms with Crippen LogP contribution in [0.5, 0.6) is 0 Å². The fourth-order valence-corrected chi connectivity index (χ4v) is 2.10. The van der Waals surface area contributed by atoms with E-state index in [9.17, 15) is 9.50 Å². The van der Waals surface area contributed by atoms with Gasteiger partial charge in [-0.05, 0) is 12.5 Å². The largest absolute Gasteiger partial charge is 0.392 e. The Morgan fingerprint density at radius 3 is 2.94 bits per heavy atom. The van der Waals surface area contributed by atoms with E-state index in [2.05, 4.69) is 4.99 Å². The summed E-state index contributed by atoms with van der Waals surface area (Å²) in [6.07, 6.45) is 2.96. The lowest BCUT2D eigenvalue weighted by atomic mass is 10.2. The van der Waals surface area contributed by atoms with Crippen LogP contribution < -0.4 is 0 Å². The molecule has 0 aromatic heterocycles. The van der Waals surface area contributed by atoms with Gasteiger partial charge in [-0.1, -0.05) is 0 Å². The molecule has 0 aromatic carbocycles. The molecule has 0 amide bonds. The van der Waals surface area contributed by atoms with Crippen LogP contribution in [0.4, 0.5) is 4.39 Å². The van der Waals surface area contributed by atoms with Gasteiger partial charge in [-0.15, -0.1) is 0 Å². The summed E-state index contributed by atoms with van der Waals surface area (Å²) >= 11 is 0. The molecular formula is C11H15FN2O2. The Balaban J connectivity index is 2.19. The molecule has 0 aromatic rings. The first-order valence-corrected chi connectivity index (χ1v) is 5.25. The van der Waals surface area contributed by atoms with Gasteiger partial charge in [0, 0.05) is 24.4 Å². The van der Waals surface area contributed by atoms with Crippen LogP contribution in [0.25, 0.3) is 0 Å². The lowest BCUT2D eigenvalue weighted by molar-refractivity contribution is 0.167. The minimum Gasteiger partial charge on any atom is -0.392 e. The molecule has 1 aliphatic heterocycles. The minimum absolute atomic E-state index is 0.102. The highest BCUT2D eigenvalue weighted by Crippen LogP contribution is 2.32. The summed E-state index contributed by atoms with van der Waals surface area (Å²) in [4.78, 5) is 5.84. The molecule has 88 valence electrons. The Morgan fingerprint density at radius 2 is 2.38 bits per heavy atom. The van der Waals surface area contributed by atoms with Gasteiger partial charge in [-0.25, -0.2) is 4.39 Å². The van der Waals surface area contributed by atoms with Crippen molar-refractivity contribution >= 4 is 6.21 Å². The monoisotopic (exact) mass is 226 g/mol. The molecule has 1 aliphatic carbocycles. The van der Waals surface area contributed by atoms with E-state index in [0.717, 1.165) is 5.57 Å². The van der Waals surface area contributed by atoms with E-state index < -0.39 is 24.6 Å². The summed E-state index contributed by atoms with van der Waals surface area (Å²) in [5.74, 6) is -0.420. The molecule has 0 fully saturated rings. The maximum atomic E-state index is 13.9. The molecule has 0 saturated carbocycles. The first-order chi connectivity index (χ1) is 7.63. The second kappa shape index (κ2) is 4.35. The van der Waals surface area contributed by atoms with Gasteiger partial charge < -0.3 is 15.1 Å². The average molecular weight is 226 g/mol. The lowest BCUT2D eigenvalue weighted by Gasteiger charge is -2.28. The summed E-state index contributed by atoms with van der Waals surface area (Å²) in [6, 6.07) is -0.496. The fraction of sp³-hybridized carbons (Fsp3) is 0.545. The highest BCUT2D eigenvalue weighted by molar-refractivity contribution is 5.78. The second-order valence-electron chi connectivity index (χ2n) is 4.14. The molecule has 2 atom stereocenters. The van der Waals surface area contributed by atoms with Crippen molar-refractivity contribution in [3.8, 4) is 0 Å². The van der Waals surface area contributed by atoms with Crippen LogP contribution in [0.3, 0.4) is 0 Å². The Labute approximate surface area is 93.4 Å². The van der Waals surface area contributed by atoms with Crippen molar-refractivity contribution in [3.63, 3.8) is 0 Å². The van der Waals surface area contributed by atoms with Gasteiger partial charge in [0.2, 0.25) is 0 Å². The first-order valence-electron chi connectivity index (χ1n) is 5.25. The molecule has 0 spiro atoms. The van der Waals surface area contributed by atoms with E-state index in [4.69, 9.17) is 5.11 Å². The zero-order chi connectivity index (χ0) is 11.7. The van der Waals surface area contributed by atoms with Crippen LogP contribution in [0.2, 0.25) is 0 Å². The fourth-order valence-electron chi connectivity index (χ4n) is 2.10. The van der Waals surface area contributed by atoms with Crippen molar-refractivity contribution in [2.75, 3.05) is 13.3 Å². The molecule has 5 heteroatoms. The summed E-state index contributed by atoms with van der Waals surface area (Å²) in [6.45, 7) is 1.85. The number of allylic oxidation sites excluding steroid dienone is 1. The highest BCUT2D eigenvalue weighted by Gasteiger charge is 2.35. The minimum atomic E-state index is -0.880. The Bertz CT molecular complexity index is 376. The smallest absolute Gasteiger partial charge is 0.127 e. The first kappa shape index (κ1) is 11.3. The van der Waals surface area contributed by atoms with E-state index in [1.165, 1.54) is 0 Å². The quantitative estimate of drug-likeness (QED) is 0.724. The summed E-state index contributed by atoms with van der Waals surface area (Å²) in [5, 5.41) is 18.5. The zero-order valence-corrected chi connectivity index (χ0v) is 9.10. The van der Waals surface area contributed by atoms with Crippen LogP contribution >= 0.6 is 0 Å². The van der Waals surface area contributed by atoms with E-state index in [-0.39, 0.29) is 12.0 Å². The van der Waals surface area contributed by atoms with Crippen molar-refractivity contribution in [1.29, 1.82) is 0 Å². The Morgan fingerprint density at radius 1 is 1.62 bits per heavy atom. The molecule has 2 N–H and O–H groups in total. The molecule has 0 radical (unpaired) electrons. The van der Waals surface area contributed by atoms with Gasteiger partial charge in [0.25, 0.3) is 0 Å². The van der Waals surface area contributed by atoms with Crippen LogP contribution in [0.15, 0.2) is 28.2 Å². The second-order valence-corrected chi connectivity index (χ2v) is 4.14. The summed E-state index contributed by atoms with van der Waals surface area (Å²) in [5.41, 5.74) is 1.05. The number of hydrogen-bond acceptors (Lipinski definition) is 4. The zero-order valence-electron chi connectivity index (χ0n) is 9.10. The van der Waals surface area contributed by atoms with Crippen LogP contribution in [0, 0.1) is 0 Å². The third-order valence-electron chi connectivity index (χ3n) is 2.93. The molecule has 0 bridgehead atoms. The van der Waals surface area contributed by atoms with Gasteiger partial charge in [-0.3, -0.25) is 4.99 Å². The van der Waals surface area contributed by atoms with Gasteiger partial charge in [0.05, 0.1) is 18.8 Å². The van der Waals surface area contributed by atoms with Crippen LogP contribution in [0.1, 0.15) is 13.3 Å². The van der Waals surface area contributed by atoms with Crippen molar-refractivity contribution in [3.05, 3.63) is 23.2 Å². The average Bonchev–Trinajstić information content (AvgIpc) is 2.54. The van der Waals surface area contributed by atoms with E-state index in [1.807, 2.05) is 13.1 Å². The SMILES string of the molecule is CC1=CN([C@H]2C[C@@H](O)C(CO)=C2F)CN=C1. The summed E-state index contributed by atoms with van der Waals surface area (Å²) in [7, 11) is 0. The molecular weight excluding hydrogens is 211 g/mol. The number of halogens is 1. The number of aliphatic imine (C=N–C) groups is 1. The van der Waals surface area contributed by atoms with Crippen molar-refractivity contribution < 1.29 is 14.6 Å². The maximum absolute atomic E-state index is 13.9. The van der Waals surface area contributed by atoms with E-state index >= 15 is 0 Å². The summed E-state index contributed by atoms with van der Waals surface area (Å²) < 4.78 is 13.9. The molecule has 4 nitrogen and oxygen atoms in total. The Kier molecular flexibility index (Phi) is 3.07. The standard InChI is InChI=1S/C11H15FN2O2/c1-7-3-13-6-14(4-7)9-2-10(16)8(5-15)11(9)12/h3-4,9-10,15-16H,2,5-6H2,1H3/t9-,10+/m0/s1. The lowest BCUT2D eigenvalue weighted by Crippen LogP contribution is -2.32. The third-order valence-corrected chi connectivity index (χ3v) is 2.93. The molecule has 1 heterocycles. The van der Waals surface area contributed by atoms with Gasteiger partial charge in [0.1, 0.15) is 12.5 Å². The number of rotatable bonds is 2. The highest BCUT2D eigenvalue weighted by atomic mass is 19.1. The molecule has 2 rings (SSSR count). The van der Waals surface area contributed by atoms with Gasteiger partial charge in [0.15, 0.2) is 0 Å². The van der Waals surface area contributed by atoms with E-state index in [0.29, 0.717) is 6.67 Å². The van der Waals surface area contributed by atoms with Crippen LogP contribution in [-0.2, 0) is 0 Å². The van der Waals surface area contributed by atoms with Gasteiger partial charge >= 0.3 is 0 Å². The van der Waals surface area contributed by atoms with Crippen molar-refractivity contribution in [2.45, 2.75) is 25.5 Å². The molecule has 0 unspecified atom stereocenters. The topological polar surface area (TPSA) is 56.1 Å². The van der Waals surface area contributed by atoms with Crippen molar-refractivity contribution in [2.24, 2.45) is 4.99 Å². The maximum Gasteiger partial charge on any atom is 0.127 e. The molecule has 0 saturated heterocycles. The van der Waals surface area contributed by atoms with Gasteiger partial charge in [-0.2, -0.15) is 0 Å². The molecule has 2 aliphatic rings. The van der Waals surface area contributed by atoms with Crippen molar-refractivity contribution in [1.82, 2.24) is 4.90 Å². The third kappa shape index (κ3) is 1.88. The van der Waals surface area contributed by atoms with Crippen LogP contribution in [-0.4, -0.2) is 46.7 Å². The Hall–Kier alpha value is -1.20. The number of nitrogens with zero attached hydrogens (tertiary/aromatic N) is 2. The van der Waals surface area contributed by atoms with E-state index in [1.54, 1.807) is 11.1 Å². The number of aliphatic hydroxyl groups excluding tert-OH is 2. The number of aliphatic hydroxyl groups is 2.